The number of allylic oxidation sites excluding steroid dienone is 1. The van der Waals surface area contributed by atoms with E-state index in [1.807, 2.05) is 13.0 Å². The van der Waals surface area contributed by atoms with Gasteiger partial charge in [0.2, 0.25) is 0 Å². The van der Waals surface area contributed by atoms with Gasteiger partial charge in [-0.25, -0.2) is 0 Å². The third-order valence-electron chi connectivity index (χ3n) is 4.12. The summed E-state index contributed by atoms with van der Waals surface area (Å²) in [5.41, 5.74) is 0.852. The third kappa shape index (κ3) is 1.84. The number of hydrogen-bond donors (Lipinski definition) is 2. The van der Waals surface area contributed by atoms with E-state index in [1.165, 1.54) is 0 Å². The number of carbonyl (C=O) groups is 2. The number of carboxylic acids is 2. The zero-order valence-corrected chi connectivity index (χ0v) is 9.27. The first-order valence-corrected chi connectivity index (χ1v) is 5.55. The summed E-state index contributed by atoms with van der Waals surface area (Å²) in [6.07, 6.45) is 3.91. The van der Waals surface area contributed by atoms with Gasteiger partial charge in [-0.3, -0.25) is 9.59 Å². The van der Waals surface area contributed by atoms with E-state index < -0.39 is 11.9 Å². The maximum absolute atomic E-state index is 10.7. The molecule has 1 saturated carbocycles. The van der Waals surface area contributed by atoms with Crippen LogP contribution in [0, 0.1) is 17.3 Å². The molecule has 0 radical (unpaired) electrons. The average molecular weight is 224 g/mol. The van der Waals surface area contributed by atoms with Gasteiger partial charge in [-0.05, 0) is 30.1 Å². The molecule has 2 aliphatic carbocycles. The van der Waals surface area contributed by atoms with Crippen LogP contribution in [0.1, 0.15) is 32.6 Å². The van der Waals surface area contributed by atoms with Gasteiger partial charge in [0, 0.05) is 0 Å². The van der Waals surface area contributed by atoms with Crippen LogP contribution in [0.4, 0.5) is 0 Å². The quantitative estimate of drug-likeness (QED) is 0.715. The second kappa shape index (κ2) is 3.61. The van der Waals surface area contributed by atoms with E-state index in [0.29, 0.717) is 11.8 Å². The molecule has 88 valence electrons. The third-order valence-corrected chi connectivity index (χ3v) is 4.12. The van der Waals surface area contributed by atoms with Crippen molar-refractivity contribution < 1.29 is 19.8 Å². The lowest BCUT2D eigenvalue weighted by molar-refractivity contribution is -0.139. The topological polar surface area (TPSA) is 74.6 Å². The van der Waals surface area contributed by atoms with Crippen LogP contribution in [0.5, 0.6) is 0 Å². The summed E-state index contributed by atoms with van der Waals surface area (Å²) in [6.45, 7) is 2.01. The van der Waals surface area contributed by atoms with Crippen molar-refractivity contribution in [3.8, 4) is 0 Å². The number of rotatable bonds is 4. The molecular weight excluding hydrogens is 208 g/mol. The molecule has 16 heavy (non-hydrogen) atoms. The van der Waals surface area contributed by atoms with Crippen LogP contribution in [0.25, 0.3) is 0 Å². The SMILES string of the molecule is CC1(CC(=O)O)[C@@H]2CC=C(CC(=O)O)C[C@@H]21. The maximum Gasteiger partial charge on any atom is 0.307 e. The minimum absolute atomic E-state index is 0.104. The molecule has 0 aromatic rings. The number of aliphatic carboxylic acids is 2. The predicted molar refractivity (Wildman–Crippen MR) is 56.9 cm³/mol. The highest BCUT2D eigenvalue weighted by Crippen LogP contribution is 2.66. The molecule has 0 amide bonds. The van der Waals surface area contributed by atoms with Gasteiger partial charge in [-0.1, -0.05) is 18.6 Å². The summed E-state index contributed by atoms with van der Waals surface area (Å²) in [4.78, 5) is 21.3. The molecule has 1 unspecified atom stereocenters. The largest absolute Gasteiger partial charge is 0.481 e. The number of carboxylic acid groups (broad SMARTS) is 2. The highest BCUT2D eigenvalue weighted by Gasteiger charge is 2.61. The molecule has 0 saturated heterocycles. The molecule has 4 heteroatoms. The Kier molecular flexibility index (Phi) is 2.52. The molecule has 4 nitrogen and oxygen atoms in total. The fourth-order valence-corrected chi connectivity index (χ4v) is 3.16. The fourth-order valence-electron chi connectivity index (χ4n) is 3.16. The van der Waals surface area contributed by atoms with Crippen molar-refractivity contribution >= 4 is 11.9 Å². The minimum atomic E-state index is -0.801. The van der Waals surface area contributed by atoms with E-state index in [4.69, 9.17) is 10.2 Å². The van der Waals surface area contributed by atoms with Crippen molar-refractivity contribution in [3.63, 3.8) is 0 Å². The molecule has 0 aliphatic heterocycles. The standard InChI is InChI=1S/C12H16O4/c1-12(6-11(15)16)8-3-2-7(4-9(8)12)5-10(13)14/h2,8-9H,3-6H2,1H3,(H,13,14)(H,15,16)/t8-,9+,12?/m1/s1. The van der Waals surface area contributed by atoms with Gasteiger partial charge < -0.3 is 10.2 Å². The van der Waals surface area contributed by atoms with E-state index >= 15 is 0 Å². The number of fused-ring (bicyclic) bond motifs is 1. The summed E-state index contributed by atoms with van der Waals surface area (Å²) >= 11 is 0. The molecule has 0 bridgehead atoms. The van der Waals surface area contributed by atoms with Crippen LogP contribution >= 0.6 is 0 Å². The summed E-state index contributed by atoms with van der Waals surface area (Å²) in [7, 11) is 0. The second-order valence-corrected chi connectivity index (χ2v) is 5.16. The zero-order chi connectivity index (χ0) is 11.9. The minimum Gasteiger partial charge on any atom is -0.481 e. The van der Waals surface area contributed by atoms with E-state index in [2.05, 4.69) is 0 Å². The molecule has 2 N–H and O–H groups in total. The lowest BCUT2D eigenvalue weighted by atomic mass is 9.96. The first-order valence-electron chi connectivity index (χ1n) is 5.55. The smallest absolute Gasteiger partial charge is 0.307 e. The lowest BCUT2D eigenvalue weighted by Gasteiger charge is -2.09. The van der Waals surface area contributed by atoms with Gasteiger partial charge in [-0.15, -0.1) is 0 Å². The van der Waals surface area contributed by atoms with Crippen molar-refractivity contribution in [1.82, 2.24) is 0 Å². The predicted octanol–water partition coefficient (Wildman–Crippen LogP) is 1.91. The highest BCUT2D eigenvalue weighted by molar-refractivity contribution is 5.70. The van der Waals surface area contributed by atoms with Gasteiger partial charge >= 0.3 is 11.9 Å². The summed E-state index contributed by atoms with van der Waals surface area (Å²) in [5, 5.41) is 17.5. The summed E-state index contributed by atoms with van der Waals surface area (Å²) in [6, 6.07) is 0. The van der Waals surface area contributed by atoms with E-state index in [9.17, 15) is 9.59 Å². The van der Waals surface area contributed by atoms with Crippen molar-refractivity contribution in [2.24, 2.45) is 17.3 Å². The van der Waals surface area contributed by atoms with Gasteiger partial charge in [-0.2, -0.15) is 0 Å². The Balaban J connectivity index is 1.97. The van der Waals surface area contributed by atoms with Gasteiger partial charge in [0.15, 0.2) is 0 Å². The normalized spacial score (nSPS) is 36.2. The van der Waals surface area contributed by atoms with Crippen LogP contribution in [-0.4, -0.2) is 22.2 Å². The van der Waals surface area contributed by atoms with Crippen LogP contribution in [0.15, 0.2) is 11.6 Å². The van der Waals surface area contributed by atoms with Crippen LogP contribution < -0.4 is 0 Å². The second-order valence-electron chi connectivity index (χ2n) is 5.16. The van der Waals surface area contributed by atoms with Crippen LogP contribution in [-0.2, 0) is 9.59 Å². The van der Waals surface area contributed by atoms with E-state index in [0.717, 1.165) is 18.4 Å². The molecule has 2 rings (SSSR count). The number of hydrogen-bond acceptors (Lipinski definition) is 2. The Morgan fingerprint density at radius 1 is 1.38 bits per heavy atom. The Morgan fingerprint density at radius 3 is 2.62 bits per heavy atom. The van der Waals surface area contributed by atoms with Crippen molar-refractivity contribution in [2.45, 2.75) is 32.6 Å². The Morgan fingerprint density at radius 2 is 2.06 bits per heavy atom. The summed E-state index contributed by atoms with van der Waals surface area (Å²) < 4.78 is 0. The van der Waals surface area contributed by atoms with Crippen molar-refractivity contribution in [3.05, 3.63) is 11.6 Å². The first-order chi connectivity index (χ1) is 7.43. The molecule has 0 spiro atoms. The Bertz CT molecular complexity index is 371. The van der Waals surface area contributed by atoms with Gasteiger partial charge in [0.25, 0.3) is 0 Å². The summed E-state index contributed by atoms with van der Waals surface area (Å²) in [5.74, 6) is -0.730. The van der Waals surface area contributed by atoms with Gasteiger partial charge in [0.05, 0.1) is 12.8 Å². The van der Waals surface area contributed by atoms with E-state index in [-0.39, 0.29) is 18.3 Å². The fraction of sp³-hybridized carbons (Fsp3) is 0.667. The molecule has 0 heterocycles. The molecule has 0 aromatic heterocycles. The molecule has 0 aromatic carbocycles. The lowest BCUT2D eigenvalue weighted by Crippen LogP contribution is -2.08. The van der Waals surface area contributed by atoms with E-state index in [1.54, 1.807) is 0 Å². The van der Waals surface area contributed by atoms with Crippen LogP contribution in [0.2, 0.25) is 0 Å². The van der Waals surface area contributed by atoms with Crippen molar-refractivity contribution in [2.75, 3.05) is 0 Å². The Labute approximate surface area is 94.0 Å². The van der Waals surface area contributed by atoms with Crippen molar-refractivity contribution in [1.29, 1.82) is 0 Å². The Hall–Kier alpha value is -1.32. The molecule has 1 fully saturated rings. The maximum atomic E-state index is 10.7. The van der Waals surface area contributed by atoms with Crippen LogP contribution in [0.3, 0.4) is 0 Å². The monoisotopic (exact) mass is 224 g/mol. The first kappa shape index (κ1) is 11.2. The van der Waals surface area contributed by atoms with Gasteiger partial charge in [0.1, 0.15) is 0 Å². The molecule has 3 atom stereocenters. The zero-order valence-electron chi connectivity index (χ0n) is 9.27. The molecule has 2 aliphatic rings. The molecular formula is C12H16O4. The average Bonchev–Trinajstić information content (AvgIpc) is 2.68. The highest BCUT2D eigenvalue weighted by atomic mass is 16.4.